The number of furan rings is 1. The lowest BCUT2D eigenvalue weighted by atomic mass is 9.94. The third-order valence-electron chi connectivity index (χ3n) is 11.3. The van der Waals surface area contributed by atoms with E-state index in [9.17, 15) is 0 Å². The Hall–Kier alpha value is -7.42. The smallest absolute Gasteiger partial charge is 0.137 e. The first-order valence-electron chi connectivity index (χ1n) is 19.2. The summed E-state index contributed by atoms with van der Waals surface area (Å²) in [6, 6.07) is 76.5. The van der Waals surface area contributed by atoms with E-state index in [2.05, 4.69) is 211 Å². The molecule has 0 N–H and O–H groups in total. The first-order valence-corrected chi connectivity index (χ1v) is 19.2. The molecular formula is C54H35NO. The Kier molecular flexibility index (Phi) is 7.53. The molecule has 0 unspecified atom stereocenters. The molecule has 262 valence electrons. The zero-order valence-corrected chi connectivity index (χ0v) is 30.6. The van der Waals surface area contributed by atoms with Crippen molar-refractivity contribution in [2.75, 3.05) is 4.90 Å². The van der Waals surface area contributed by atoms with E-state index >= 15 is 0 Å². The van der Waals surface area contributed by atoms with Gasteiger partial charge in [0.15, 0.2) is 0 Å². The number of para-hydroxylation sites is 3. The van der Waals surface area contributed by atoms with Crippen LogP contribution in [0.25, 0.3) is 87.6 Å². The lowest BCUT2D eigenvalue weighted by Crippen LogP contribution is -2.13. The number of benzene rings is 10. The monoisotopic (exact) mass is 713 g/mol. The lowest BCUT2D eigenvalue weighted by Gasteiger charge is -2.30. The van der Waals surface area contributed by atoms with Crippen molar-refractivity contribution < 1.29 is 4.42 Å². The van der Waals surface area contributed by atoms with Gasteiger partial charge in [0.25, 0.3) is 0 Å². The lowest BCUT2D eigenvalue weighted by molar-refractivity contribution is 0.669. The molecule has 1 aromatic heterocycles. The summed E-state index contributed by atoms with van der Waals surface area (Å²) < 4.78 is 6.48. The maximum Gasteiger partial charge on any atom is 0.137 e. The van der Waals surface area contributed by atoms with E-state index in [1.807, 2.05) is 6.07 Å². The van der Waals surface area contributed by atoms with Gasteiger partial charge in [-0.25, -0.2) is 0 Å². The molecule has 0 atom stereocenters. The number of hydrogen-bond donors (Lipinski definition) is 0. The molecule has 0 spiro atoms. The zero-order chi connectivity index (χ0) is 37.0. The molecule has 11 aromatic rings. The van der Waals surface area contributed by atoms with Crippen LogP contribution in [0.5, 0.6) is 0 Å². The molecule has 2 heteroatoms. The van der Waals surface area contributed by atoms with Crippen LogP contribution in [0, 0.1) is 0 Å². The molecule has 0 saturated carbocycles. The summed E-state index contributed by atoms with van der Waals surface area (Å²) in [6.45, 7) is 0. The second kappa shape index (κ2) is 13.2. The molecular weight excluding hydrogens is 679 g/mol. The Morgan fingerprint density at radius 2 is 0.804 bits per heavy atom. The van der Waals surface area contributed by atoms with Crippen LogP contribution < -0.4 is 4.90 Å². The van der Waals surface area contributed by atoms with Crippen LogP contribution in [0.15, 0.2) is 217 Å². The summed E-state index contributed by atoms with van der Waals surface area (Å²) >= 11 is 0. The highest BCUT2D eigenvalue weighted by molar-refractivity contribution is 6.15. The van der Waals surface area contributed by atoms with Crippen LogP contribution in [-0.2, 0) is 0 Å². The fourth-order valence-corrected chi connectivity index (χ4v) is 8.64. The van der Waals surface area contributed by atoms with Gasteiger partial charge in [0.2, 0.25) is 0 Å². The van der Waals surface area contributed by atoms with Crippen molar-refractivity contribution in [1.82, 2.24) is 0 Å². The summed E-state index contributed by atoms with van der Waals surface area (Å²) in [6.07, 6.45) is 0. The van der Waals surface area contributed by atoms with Gasteiger partial charge < -0.3 is 9.32 Å². The van der Waals surface area contributed by atoms with Gasteiger partial charge in [0.1, 0.15) is 11.2 Å². The molecule has 0 aliphatic carbocycles. The predicted octanol–water partition coefficient (Wildman–Crippen LogP) is 15.5. The summed E-state index contributed by atoms with van der Waals surface area (Å²) in [5.74, 6) is 0. The molecule has 0 fully saturated rings. The van der Waals surface area contributed by atoms with Crippen LogP contribution >= 0.6 is 0 Å². The highest BCUT2D eigenvalue weighted by Gasteiger charge is 2.24. The minimum atomic E-state index is 0.863. The molecule has 10 aromatic carbocycles. The third kappa shape index (κ3) is 5.26. The van der Waals surface area contributed by atoms with Gasteiger partial charge in [-0.1, -0.05) is 176 Å². The fraction of sp³-hybridized carbons (Fsp3) is 0. The Morgan fingerprint density at radius 3 is 1.64 bits per heavy atom. The van der Waals surface area contributed by atoms with Crippen LogP contribution in [-0.4, -0.2) is 0 Å². The molecule has 0 radical (unpaired) electrons. The molecule has 1 heterocycles. The molecule has 2 nitrogen and oxygen atoms in total. The first kappa shape index (κ1) is 32.0. The molecule has 0 aliphatic rings. The Bertz CT molecular complexity index is 3260. The summed E-state index contributed by atoms with van der Waals surface area (Å²) in [4.78, 5) is 2.44. The second-order valence-electron chi connectivity index (χ2n) is 14.4. The van der Waals surface area contributed by atoms with Gasteiger partial charge >= 0.3 is 0 Å². The highest BCUT2D eigenvalue weighted by atomic mass is 16.3. The van der Waals surface area contributed by atoms with Gasteiger partial charge in [-0.2, -0.15) is 0 Å². The largest absolute Gasteiger partial charge is 0.456 e. The fourth-order valence-electron chi connectivity index (χ4n) is 8.64. The molecule has 0 amide bonds. The quantitative estimate of drug-likeness (QED) is 0.160. The van der Waals surface area contributed by atoms with Gasteiger partial charge in [-0.3, -0.25) is 0 Å². The molecule has 0 saturated heterocycles. The number of rotatable bonds is 6. The van der Waals surface area contributed by atoms with Crippen LogP contribution in [0.4, 0.5) is 17.1 Å². The third-order valence-corrected chi connectivity index (χ3v) is 11.3. The first-order chi connectivity index (χ1) is 27.8. The topological polar surface area (TPSA) is 16.4 Å². The van der Waals surface area contributed by atoms with E-state index in [1.54, 1.807) is 0 Å². The Morgan fingerprint density at radius 1 is 0.286 bits per heavy atom. The minimum absolute atomic E-state index is 0.863. The van der Waals surface area contributed by atoms with E-state index in [-0.39, 0.29) is 0 Å². The summed E-state index contributed by atoms with van der Waals surface area (Å²) in [7, 11) is 0. The maximum absolute atomic E-state index is 6.48. The van der Waals surface area contributed by atoms with Crippen molar-refractivity contribution in [2.24, 2.45) is 0 Å². The van der Waals surface area contributed by atoms with Crippen LogP contribution in [0.1, 0.15) is 0 Å². The number of anilines is 3. The van der Waals surface area contributed by atoms with E-state index < -0.39 is 0 Å². The molecule has 0 bridgehead atoms. The number of hydrogen-bond acceptors (Lipinski definition) is 2. The SMILES string of the molecule is c1ccc(N(c2ccccc2-c2cccc3ccccc23)c2cccc3oc4ccccc4c23)c(-c2ccc(-c3ccc4c(ccc5ccccc54)c3)cc2)c1. The molecule has 56 heavy (non-hydrogen) atoms. The Labute approximate surface area is 325 Å². The Balaban J connectivity index is 1.10. The summed E-state index contributed by atoms with van der Waals surface area (Å²) in [5.41, 5.74) is 12.0. The maximum atomic E-state index is 6.48. The van der Waals surface area contributed by atoms with Crippen molar-refractivity contribution in [3.05, 3.63) is 212 Å². The van der Waals surface area contributed by atoms with Gasteiger partial charge in [0, 0.05) is 16.5 Å². The minimum Gasteiger partial charge on any atom is -0.456 e. The number of nitrogens with zero attached hydrogens (tertiary/aromatic N) is 1. The number of fused-ring (bicyclic) bond motifs is 7. The van der Waals surface area contributed by atoms with Crippen molar-refractivity contribution in [3.63, 3.8) is 0 Å². The van der Waals surface area contributed by atoms with Gasteiger partial charge in [-0.15, -0.1) is 0 Å². The standard InChI is InChI=1S/C54H35NO/c1-4-17-43-37(13-1)15-11-21-46(43)47-19-6-9-23-50(47)55(51-24-12-26-53-54(51)48-20-7-10-25-52(48)56-53)49-22-8-5-18-45(49)39-29-27-36(28-30-39)40-33-34-44-41(35-40)32-31-38-14-2-3-16-42(38)44/h1-35H. The molecule has 11 rings (SSSR count). The average Bonchev–Trinajstić information content (AvgIpc) is 3.66. The van der Waals surface area contributed by atoms with Crippen molar-refractivity contribution in [1.29, 1.82) is 0 Å². The van der Waals surface area contributed by atoms with E-state index in [0.29, 0.717) is 0 Å². The zero-order valence-electron chi connectivity index (χ0n) is 30.6. The van der Waals surface area contributed by atoms with Crippen molar-refractivity contribution >= 4 is 71.3 Å². The van der Waals surface area contributed by atoms with Crippen molar-refractivity contribution in [3.8, 4) is 33.4 Å². The van der Waals surface area contributed by atoms with E-state index in [0.717, 1.165) is 55.7 Å². The summed E-state index contributed by atoms with van der Waals surface area (Å²) in [5, 5.41) is 9.70. The van der Waals surface area contributed by atoms with Gasteiger partial charge in [0.05, 0.1) is 22.4 Å². The second-order valence-corrected chi connectivity index (χ2v) is 14.4. The average molecular weight is 714 g/mol. The molecule has 0 aliphatic heterocycles. The normalized spacial score (nSPS) is 11.6. The van der Waals surface area contributed by atoms with E-state index in [4.69, 9.17) is 4.42 Å². The van der Waals surface area contributed by atoms with E-state index in [1.165, 1.54) is 49.0 Å². The van der Waals surface area contributed by atoms with Crippen molar-refractivity contribution in [2.45, 2.75) is 0 Å². The van der Waals surface area contributed by atoms with Gasteiger partial charge in [-0.05, 0) is 91.0 Å². The predicted molar refractivity (Wildman–Crippen MR) is 237 cm³/mol. The van der Waals surface area contributed by atoms with Crippen LogP contribution in [0.2, 0.25) is 0 Å². The van der Waals surface area contributed by atoms with Crippen LogP contribution in [0.3, 0.4) is 0 Å². The highest BCUT2D eigenvalue weighted by Crippen LogP contribution is 2.49.